The maximum absolute atomic E-state index is 14.2. The van der Waals surface area contributed by atoms with Crippen molar-refractivity contribution in [3.05, 3.63) is 89.4 Å². The molecule has 0 bridgehead atoms. The van der Waals surface area contributed by atoms with Gasteiger partial charge in [-0.05, 0) is 73.4 Å². The number of anilines is 1. The Morgan fingerprint density at radius 2 is 1.60 bits per heavy atom. The fourth-order valence-electron chi connectivity index (χ4n) is 5.25. The van der Waals surface area contributed by atoms with Gasteiger partial charge in [-0.1, -0.05) is 68.1 Å². The number of nitrogens with one attached hydrogen (secondary N) is 1. The number of methoxy groups -OCH3 is 1. The van der Waals surface area contributed by atoms with Gasteiger partial charge in [-0.2, -0.15) is 0 Å². The molecule has 42 heavy (non-hydrogen) atoms. The van der Waals surface area contributed by atoms with E-state index in [1.54, 1.807) is 49.6 Å². The van der Waals surface area contributed by atoms with Gasteiger partial charge in [-0.25, -0.2) is 8.42 Å². The number of sulfonamides is 1. The van der Waals surface area contributed by atoms with E-state index in [9.17, 15) is 18.0 Å². The van der Waals surface area contributed by atoms with Gasteiger partial charge in [0.2, 0.25) is 11.8 Å². The first-order valence-corrected chi connectivity index (χ1v) is 16.1. The third kappa shape index (κ3) is 7.83. The Kier molecular flexibility index (Phi) is 10.9. The minimum absolute atomic E-state index is 0.00680. The highest BCUT2D eigenvalue weighted by atomic mass is 35.5. The smallest absolute Gasteiger partial charge is 0.264 e. The van der Waals surface area contributed by atoms with E-state index >= 15 is 0 Å². The molecule has 2 amide bonds. The number of benzene rings is 3. The molecule has 1 saturated carbocycles. The average Bonchev–Trinajstić information content (AvgIpc) is 3.01. The Labute approximate surface area is 253 Å². The van der Waals surface area contributed by atoms with Crippen LogP contribution in [0.5, 0.6) is 5.75 Å². The lowest BCUT2D eigenvalue weighted by molar-refractivity contribution is -0.140. The molecule has 4 rings (SSSR count). The SMILES string of the molecule is CC[C@@H](C(=O)NC1CCCCC1)N(Cc1ccc(OC)cc1)C(=O)CN(c1ccccc1)S(=O)(=O)c1ccc(Cl)cc1. The van der Waals surface area contributed by atoms with Gasteiger partial charge in [-0.15, -0.1) is 0 Å². The summed E-state index contributed by atoms with van der Waals surface area (Å²) in [6, 6.07) is 20.9. The molecule has 0 saturated heterocycles. The second-order valence-corrected chi connectivity index (χ2v) is 12.7. The highest BCUT2D eigenvalue weighted by Gasteiger charge is 2.34. The average molecular weight is 612 g/mol. The Morgan fingerprint density at radius 1 is 0.952 bits per heavy atom. The molecule has 1 aliphatic carbocycles. The van der Waals surface area contributed by atoms with Crippen LogP contribution >= 0.6 is 11.6 Å². The second kappa shape index (κ2) is 14.6. The predicted molar refractivity (Wildman–Crippen MR) is 165 cm³/mol. The van der Waals surface area contributed by atoms with Crippen LogP contribution in [-0.4, -0.2) is 50.9 Å². The number of carbonyl (C=O) groups excluding carboxylic acids is 2. The van der Waals surface area contributed by atoms with Crippen LogP contribution in [0.25, 0.3) is 0 Å². The number of hydrogen-bond donors (Lipinski definition) is 1. The standard InChI is InChI=1S/C32H38ClN3O5S/c1-3-30(32(38)34-26-10-6-4-7-11-26)35(22-24-14-18-28(41-2)19-15-24)31(37)23-36(27-12-8-5-9-13-27)42(39,40)29-20-16-25(33)17-21-29/h5,8-9,12-21,26,30H,3-4,6-7,10-11,22-23H2,1-2H3,(H,34,38)/t30-/m0/s1. The van der Waals surface area contributed by atoms with Crippen molar-refractivity contribution in [2.45, 2.75) is 69.0 Å². The van der Waals surface area contributed by atoms with Crippen molar-refractivity contribution in [3.8, 4) is 5.75 Å². The van der Waals surface area contributed by atoms with Crippen molar-refractivity contribution in [2.75, 3.05) is 18.0 Å². The zero-order valence-electron chi connectivity index (χ0n) is 24.0. The number of amides is 2. The lowest BCUT2D eigenvalue weighted by Gasteiger charge is -2.34. The molecule has 0 unspecified atom stereocenters. The van der Waals surface area contributed by atoms with Crippen LogP contribution in [0.15, 0.2) is 83.8 Å². The molecule has 0 radical (unpaired) electrons. The van der Waals surface area contributed by atoms with E-state index in [2.05, 4.69) is 5.32 Å². The number of carbonyl (C=O) groups is 2. The maximum Gasteiger partial charge on any atom is 0.264 e. The number of hydrogen-bond acceptors (Lipinski definition) is 5. The van der Waals surface area contributed by atoms with E-state index in [4.69, 9.17) is 16.3 Å². The molecule has 0 aliphatic heterocycles. The molecule has 0 heterocycles. The predicted octanol–water partition coefficient (Wildman–Crippen LogP) is 5.80. The highest BCUT2D eigenvalue weighted by molar-refractivity contribution is 7.92. The summed E-state index contributed by atoms with van der Waals surface area (Å²) < 4.78 is 34.1. The molecule has 1 N–H and O–H groups in total. The molecular formula is C32H38ClN3O5S. The zero-order valence-corrected chi connectivity index (χ0v) is 25.6. The molecule has 10 heteroatoms. The molecule has 0 aromatic heterocycles. The Hall–Kier alpha value is -3.56. The molecular weight excluding hydrogens is 574 g/mol. The van der Waals surface area contributed by atoms with Crippen molar-refractivity contribution in [1.82, 2.24) is 10.2 Å². The summed E-state index contributed by atoms with van der Waals surface area (Å²) in [5, 5.41) is 3.56. The first-order valence-electron chi connectivity index (χ1n) is 14.3. The van der Waals surface area contributed by atoms with Gasteiger partial charge in [-0.3, -0.25) is 13.9 Å². The van der Waals surface area contributed by atoms with Crippen LogP contribution in [0.4, 0.5) is 5.69 Å². The minimum atomic E-state index is -4.15. The third-order valence-electron chi connectivity index (χ3n) is 7.57. The summed E-state index contributed by atoms with van der Waals surface area (Å²) in [4.78, 5) is 29.3. The number of ether oxygens (including phenoxy) is 1. The first kappa shape index (κ1) is 31.4. The number of para-hydroxylation sites is 1. The summed E-state index contributed by atoms with van der Waals surface area (Å²) >= 11 is 6.02. The largest absolute Gasteiger partial charge is 0.497 e. The Morgan fingerprint density at radius 3 is 2.19 bits per heavy atom. The number of halogens is 1. The van der Waals surface area contributed by atoms with Gasteiger partial charge in [0.05, 0.1) is 17.7 Å². The maximum atomic E-state index is 14.2. The van der Waals surface area contributed by atoms with E-state index < -0.39 is 28.5 Å². The topological polar surface area (TPSA) is 96.0 Å². The lowest BCUT2D eigenvalue weighted by Crippen LogP contribution is -2.54. The van der Waals surface area contributed by atoms with Crippen LogP contribution < -0.4 is 14.4 Å². The van der Waals surface area contributed by atoms with Crippen LogP contribution in [0.3, 0.4) is 0 Å². The molecule has 3 aromatic carbocycles. The van der Waals surface area contributed by atoms with Crippen molar-refractivity contribution >= 4 is 39.1 Å². The van der Waals surface area contributed by atoms with E-state index in [0.717, 1.165) is 42.0 Å². The van der Waals surface area contributed by atoms with Gasteiger partial charge in [0.15, 0.2) is 0 Å². The summed E-state index contributed by atoms with van der Waals surface area (Å²) in [5.41, 5.74) is 1.13. The molecule has 1 aliphatic rings. The summed E-state index contributed by atoms with van der Waals surface area (Å²) in [5.74, 6) is -0.0426. The number of nitrogens with zero attached hydrogens (tertiary/aromatic N) is 2. The van der Waals surface area contributed by atoms with Crippen LogP contribution in [0.1, 0.15) is 51.0 Å². The fraction of sp³-hybridized carbons (Fsp3) is 0.375. The van der Waals surface area contributed by atoms with Crippen molar-refractivity contribution in [1.29, 1.82) is 0 Å². The van der Waals surface area contributed by atoms with E-state index in [1.807, 2.05) is 19.1 Å². The van der Waals surface area contributed by atoms with E-state index in [0.29, 0.717) is 22.9 Å². The Balaban J connectivity index is 1.68. The van der Waals surface area contributed by atoms with Gasteiger partial charge in [0.1, 0.15) is 18.3 Å². The minimum Gasteiger partial charge on any atom is -0.497 e. The van der Waals surface area contributed by atoms with Crippen molar-refractivity contribution in [3.63, 3.8) is 0 Å². The normalized spacial score (nSPS) is 14.5. The van der Waals surface area contributed by atoms with E-state index in [1.165, 1.54) is 29.2 Å². The molecule has 0 spiro atoms. The summed E-state index contributed by atoms with van der Waals surface area (Å²) in [6.45, 7) is 1.50. The third-order valence-corrected chi connectivity index (χ3v) is 9.61. The van der Waals surface area contributed by atoms with Crippen molar-refractivity contribution < 1.29 is 22.7 Å². The van der Waals surface area contributed by atoms with Crippen LogP contribution in [0, 0.1) is 0 Å². The number of rotatable bonds is 12. The van der Waals surface area contributed by atoms with Gasteiger partial charge in [0.25, 0.3) is 10.0 Å². The van der Waals surface area contributed by atoms with E-state index in [-0.39, 0.29) is 23.4 Å². The van der Waals surface area contributed by atoms with Crippen molar-refractivity contribution in [2.24, 2.45) is 0 Å². The van der Waals surface area contributed by atoms with Gasteiger partial charge in [0, 0.05) is 17.6 Å². The first-order chi connectivity index (χ1) is 20.2. The lowest BCUT2D eigenvalue weighted by atomic mass is 9.95. The molecule has 1 atom stereocenters. The van der Waals surface area contributed by atoms with Crippen LogP contribution in [-0.2, 0) is 26.2 Å². The van der Waals surface area contributed by atoms with Crippen LogP contribution in [0.2, 0.25) is 5.02 Å². The molecule has 3 aromatic rings. The second-order valence-electron chi connectivity index (χ2n) is 10.4. The molecule has 8 nitrogen and oxygen atoms in total. The summed E-state index contributed by atoms with van der Waals surface area (Å²) in [7, 11) is -2.57. The quantitative estimate of drug-likeness (QED) is 0.279. The van der Waals surface area contributed by atoms with Gasteiger partial charge < -0.3 is 15.0 Å². The monoisotopic (exact) mass is 611 g/mol. The highest BCUT2D eigenvalue weighted by Crippen LogP contribution is 2.26. The summed E-state index contributed by atoms with van der Waals surface area (Å²) in [6.07, 6.45) is 5.47. The molecule has 224 valence electrons. The van der Waals surface area contributed by atoms with Gasteiger partial charge >= 0.3 is 0 Å². The fourth-order valence-corrected chi connectivity index (χ4v) is 6.79. The Bertz CT molecular complexity index is 1430. The zero-order chi connectivity index (χ0) is 30.1. The molecule has 1 fully saturated rings.